The molecule has 1 N–H and O–H groups in total. The van der Waals surface area contributed by atoms with Crippen LogP contribution < -0.4 is 5.32 Å². The summed E-state index contributed by atoms with van der Waals surface area (Å²) in [6, 6.07) is 5.33. The van der Waals surface area contributed by atoms with E-state index >= 15 is 0 Å². The van der Waals surface area contributed by atoms with Gasteiger partial charge in [0, 0.05) is 19.6 Å². The molecule has 2 atom stereocenters. The lowest BCUT2D eigenvalue weighted by Gasteiger charge is -2.20. The lowest BCUT2D eigenvalue weighted by molar-refractivity contribution is -0.125. The third kappa shape index (κ3) is 4.56. The van der Waals surface area contributed by atoms with Gasteiger partial charge in [0.25, 0.3) is 0 Å². The molecule has 124 valence electrons. The molecule has 1 aromatic carbocycles. The summed E-state index contributed by atoms with van der Waals surface area (Å²) in [6.45, 7) is 3.95. The van der Waals surface area contributed by atoms with Gasteiger partial charge in [-0.15, -0.1) is 5.10 Å². The SMILES string of the molecule is COCC(C)NC(=O)C(Cc1cccc(F)c1)n1nnnc1C. The van der Waals surface area contributed by atoms with Gasteiger partial charge in [-0.05, 0) is 42.0 Å². The van der Waals surface area contributed by atoms with Crippen molar-refractivity contribution >= 4 is 5.91 Å². The van der Waals surface area contributed by atoms with Crippen molar-refractivity contribution < 1.29 is 13.9 Å². The van der Waals surface area contributed by atoms with Gasteiger partial charge in [0.15, 0.2) is 0 Å². The number of hydrogen-bond donors (Lipinski definition) is 1. The highest BCUT2D eigenvalue weighted by Crippen LogP contribution is 2.16. The van der Waals surface area contributed by atoms with E-state index in [9.17, 15) is 9.18 Å². The third-order valence-electron chi connectivity index (χ3n) is 3.38. The molecule has 8 heteroatoms. The van der Waals surface area contributed by atoms with Gasteiger partial charge in [-0.25, -0.2) is 9.07 Å². The zero-order valence-corrected chi connectivity index (χ0v) is 13.4. The van der Waals surface area contributed by atoms with Crippen LogP contribution in [-0.4, -0.2) is 45.9 Å². The minimum atomic E-state index is -0.661. The number of carbonyl (C=O) groups is 1. The molecule has 0 aliphatic rings. The highest BCUT2D eigenvalue weighted by molar-refractivity contribution is 5.80. The van der Waals surface area contributed by atoms with E-state index in [-0.39, 0.29) is 24.2 Å². The molecule has 23 heavy (non-hydrogen) atoms. The zero-order valence-electron chi connectivity index (χ0n) is 13.4. The maximum absolute atomic E-state index is 13.4. The Labute approximate surface area is 133 Å². The second-order valence-corrected chi connectivity index (χ2v) is 5.39. The lowest BCUT2D eigenvalue weighted by atomic mass is 10.0. The standard InChI is InChI=1S/C15H20FN5O2/c1-10(9-23-3)17-15(22)14(21-11(2)18-19-20-21)8-12-5-4-6-13(16)7-12/h4-7,10,14H,8-9H2,1-3H3,(H,17,22). The van der Waals surface area contributed by atoms with E-state index in [0.29, 0.717) is 18.0 Å². The van der Waals surface area contributed by atoms with Crippen molar-refractivity contribution in [3.8, 4) is 0 Å². The maximum atomic E-state index is 13.4. The minimum Gasteiger partial charge on any atom is -0.383 e. The minimum absolute atomic E-state index is 0.153. The van der Waals surface area contributed by atoms with Crippen molar-refractivity contribution in [1.29, 1.82) is 0 Å². The first-order valence-corrected chi connectivity index (χ1v) is 7.29. The summed E-state index contributed by atoms with van der Waals surface area (Å²) >= 11 is 0. The Balaban J connectivity index is 2.22. The highest BCUT2D eigenvalue weighted by atomic mass is 19.1. The summed E-state index contributed by atoms with van der Waals surface area (Å²) in [4.78, 5) is 12.6. The number of rotatable bonds is 7. The molecular formula is C15H20FN5O2. The molecule has 0 aliphatic carbocycles. The third-order valence-corrected chi connectivity index (χ3v) is 3.38. The van der Waals surface area contributed by atoms with Gasteiger partial charge in [0.2, 0.25) is 5.91 Å². The quantitative estimate of drug-likeness (QED) is 0.824. The Hall–Kier alpha value is -2.35. The second-order valence-electron chi connectivity index (χ2n) is 5.39. The first kappa shape index (κ1) is 17.0. The van der Waals surface area contributed by atoms with Crippen molar-refractivity contribution in [2.75, 3.05) is 13.7 Å². The molecule has 7 nitrogen and oxygen atoms in total. The number of nitrogens with zero attached hydrogens (tertiary/aromatic N) is 4. The molecule has 1 amide bonds. The van der Waals surface area contributed by atoms with E-state index < -0.39 is 6.04 Å². The molecule has 0 radical (unpaired) electrons. The number of hydrogen-bond acceptors (Lipinski definition) is 5. The summed E-state index contributed by atoms with van der Waals surface area (Å²) in [5.41, 5.74) is 0.694. The molecule has 2 rings (SSSR count). The van der Waals surface area contributed by atoms with Gasteiger partial charge in [0.1, 0.15) is 17.7 Å². The van der Waals surface area contributed by atoms with Crippen LogP contribution in [0.5, 0.6) is 0 Å². The van der Waals surface area contributed by atoms with Crippen molar-refractivity contribution in [3.63, 3.8) is 0 Å². The molecule has 0 saturated carbocycles. The average Bonchev–Trinajstić information content (AvgIpc) is 2.91. The Morgan fingerprint density at radius 3 is 2.87 bits per heavy atom. The first-order chi connectivity index (χ1) is 11.0. The van der Waals surface area contributed by atoms with Gasteiger partial charge in [-0.2, -0.15) is 0 Å². The lowest BCUT2D eigenvalue weighted by Crippen LogP contribution is -2.41. The van der Waals surface area contributed by atoms with Gasteiger partial charge in [-0.3, -0.25) is 4.79 Å². The molecule has 0 saturated heterocycles. The zero-order chi connectivity index (χ0) is 16.8. The predicted octanol–water partition coefficient (Wildman–Crippen LogP) is 1.06. The largest absolute Gasteiger partial charge is 0.383 e. The number of halogens is 1. The van der Waals surface area contributed by atoms with Crippen LogP contribution in [0.2, 0.25) is 0 Å². The summed E-state index contributed by atoms with van der Waals surface area (Å²) < 4.78 is 19.9. The normalized spacial score (nSPS) is 13.6. The van der Waals surface area contributed by atoms with Gasteiger partial charge in [0.05, 0.1) is 6.61 Å². The summed E-state index contributed by atoms with van der Waals surface area (Å²) in [6.07, 6.45) is 0.287. The number of benzene rings is 1. The Kier molecular flexibility index (Phi) is 5.75. The van der Waals surface area contributed by atoms with E-state index in [4.69, 9.17) is 4.74 Å². The smallest absolute Gasteiger partial charge is 0.245 e. The molecule has 0 spiro atoms. The maximum Gasteiger partial charge on any atom is 0.245 e. The van der Waals surface area contributed by atoms with Crippen LogP contribution in [-0.2, 0) is 16.0 Å². The molecule has 0 bridgehead atoms. The summed E-state index contributed by atoms with van der Waals surface area (Å²) in [5, 5.41) is 14.1. The predicted molar refractivity (Wildman–Crippen MR) is 81.2 cm³/mol. The van der Waals surface area contributed by atoms with Gasteiger partial charge in [-0.1, -0.05) is 12.1 Å². The van der Waals surface area contributed by atoms with Crippen LogP contribution >= 0.6 is 0 Å². The Morgan fingerprint density at radius 1 is 1.48 bits per heavy atom. The van der Waals surface area contributed by atoms with Crippen LogP contribution in [0.4, 0.5) is 4.39 Å². The number of methoxy groups -OCH3 is 1. The highest BCUT2D eigenvalue weighted by Gasteiger charge is 2.25. The fourth-order valence-corrected chi connectivity index (χ4v) is 2.33. The van der Waals surface area contributed by atoms with Crippen molar-refractivity contribution in [3.05, 3.63) is 41.5 Å². The van der Waals surface area contributed by atoms with Crippen LogP contribution in [0.3, 0.4) is 0 Å². The monoisotopic (exact) mass is 321 g/mol. The molecule has 2 unspecified atom stereocenters. The number of ether oxygens (including phenoxy) is 1. The van der Waals surface area contributed by atoms with E-state index in [1.54, 1.807) is 26.2 Å². The van der Waals surface area contributed by atoms with Crippen molar-refractivity contribution in [2.45, 2.75) is 32.4 Å². The number of tetrazole rings is 1. The van der Waals surface area contributed by atoms with E-state index in [1.807, 2.05) is 6.92 Å². The summed E-state index contributed by atoms with van der Waals surface area (Å²) in [7, 11) is 1.57. The average molecular weight is 321 g/mol. The molecule has 1 aromatic heterocycles. The van der Waals surface area contributed by atoms with E-state index in [1.165, 1.54) is 16.8 Å². The Morgan fingerprint density at radius 2 is 2.26 bits per heavy atom. The molecule has 0 fully saturated rings. The fourth-order valence-electron chi connectivity index (χ4n) is 2.33. The van der Waals surface area contributed by atoms with Crippen LogP contribution in [0, 0.1) is 12.7 Å². The molecule has 2 aromatic rings. The van der Waals surface area contributed by atoms with E-state index in [0.717, 1.165) is 0 Å². The fraction of sp³-hybridized carbons (Fsp3) is 0.467. The van der Waals surface area contributed by atoms with Crippen LogP contribution in [0.1, 0.15) is 24.4 Å². The molecule has 0 aliphatic heterocycles. The first-order valence-electron chi connectivity index (χ1n) is 7.29. The topological polar surface area (TPSA) is 81.9 Å². The van der Waals surface area contributed by atoms with E-state index in [2.05, 4.69) is 20.8 Å². The molecule has 1 heterocycles. The molecular weight excluding hydrogens is 301 g/mol. The summed E-state index contributed by atoms with van der Waals surface area (Å²) in [5.74, 6) is -0.0713. The van der Waals surface area contributed by atoms with Crippen LogP contribution in [0.25, 0.3) is 0 Å². The van der Waals surface area contributed by atoms with Gasteiger partial charge < -0.3 is 10.1 Å². The van der Waals surface area contributed by atoms with Gasteiger partial charge >= 0.3 is 0 Å². The number of aryl methyl sites for hydroxylation is 1. The number of carbonyl (C=O) groups excluding carboxylic acids is 1. The number of aromatic nitrogens is 4. The number of amides is 1. The van der Waals surface area contributed by atoms with Crippen molar-refractivity contribution in [1.82, 2.24) is 25.5 Å². The Bertz CT molecular complexity index is 661. The second kappa shape index (κ2) is 7.77. The number of nitrogens with one attached hydrogen (secondary N) is 1. The van der Waals surface area contributed by atoms with Crippen LogP contribution in [0.15, 0.2) is 24.3 Å². The van der Waals surface area contributed by atoms with Crippen molar-refractivity contribution in [2.24, 2.45) is 0 Å².